The van der Waals surface area contributed by atoms with E-state index in [1.807, 2.05) is 0 Å². The van der Waals surface area contributed by atoms with E-state index < -0.39 is 15.8 Å². The van der Waals surface area contributed by atoms with Crippen molar-refractivity contribution >= 4 is 27.3 Å². The summed E-state index contributed by atoms with van der Waals surface area (Å²) in [5, 5.41) is 0. The lowest BCUT2D eigenvalue weighted by Gasteiger charge is -2.09. The van der Waals surface area contributed by atoms with Gasteiger partial charge in [-0.25, -0.2) is 12.8 Å². The Bertz CT molecular complexity index is 478. The fourth-order valence-electron chi connectivity index (χ4n) is 1.17. The number of rotatable bonds is 6. The Labute approximate surface area is 105 Å². The van der Waals surface area contributed by atoms with Crippen molar-refractivity contribution in [1.29, 1.82) is 0 Å². The molecule has 0 heterocycles. The Morgan fingerprint density at radius 1 is 1.47 bits per heavy atom. The molecule has 0 spiro atoms. The molecule has 0 saturated carbocycles. The largest absolute Gasteiger partial charge is 0.497 e. The van der Waals surface area contributed by atoms with Gasteiger partial charge in [-0.3, -0.25) is 4.72 Å². The lowest BCUT2D eigenvalue weighted by Crippen LogP contribution is -2.17. The second-order valence-corrected chi connectivity index (χ2v) is 5.53. The van der Waals surface area contributed by atoms with Crippen molar-refractivity contribution in [2.75, 3.05) is 23.5 Å². The van der Waals surface area contributed by atoms with Crippen molar-refractivity contribution < 1.29 is 17.5 Å². The molecule has 1 aromatic rings. The van der Waals surface area contributed by atoms with Gasteiger partial charge in [0.25, 0.3) is 0 Å². The SMILES string of the molecule is COc1ccc(F)c(NS(=O)(=O)CCCCl)c1. The minimum Gasteiger partial charge on any atom is -0.497 e. The molecule has 17 heavy (non-hydrogen) atoms. The maximum atomic E-state index is 13.3. The highest BCUT2D eigenvalue weighted by Gasteiger charge is 2.13. The van der Waals surface area contributed by atoms with Crippen LogP contribution in [0.2, 0.25) is 0 Å². The minimum absolute atomic E-state index is 0.126. The van der Waals surface area contributed by atoms with Crippen molar-refractivity contribution in [3.63, 3.8) is 0 Å². The van der Waals surface area contributed by atoms with Crippen molar-refractivity contribution in [2.45, 2.75) is 6.42 Å². The van der Waals surface area contributed by atoms with Gasteiger partial charge in [-0.05, 0) is 18.6 Å². The first-order chi connectivity index (χ1) is 7.98. The Morgan fingerprint density at radius 3 is 2.76 bits per heavy atom. The number of alkyl halides is 1. The number of hydrogen-bond donors (Lipinski definition) is 1. The van der Waals surface area contributed by atoms with Gasteiger partial charge in [0.1, 0.15) is 11.6 Å². The third-order valence-corrected chi connectivity index (χ3v) is 3.61. The molecule has 1 rings (SSSR count). The number of nitrogens with one attached hydrogen (secondary N) is 1. The lowest BCUT2D eigenvalue weighted by molar-refractivity contribution is 0.414. The molecule has 0 aliphatic carbocycles. The van der Waals surface area contributed by atoms with Crippen LogP contribution in [-0.4, -0.2) is 27.2 Å². The first-order valence-electron chi connectivity index (χ1n) is 4.88. The van der Waals surface area contributed by atoms with Gasteiger partial charge in [0.2, 0.25) is 10.0 Å². The third kappa shape index (κ3) is 4.40. The zero-order chi connectivity index (χ0) is 12.9. The zero-order valence-electron chi connectivity index (χ0n) is 9.24. The van der Waals surface area contributed by atoms with Crippen LogP contribution in [0, 0.1) is 5.82 Å². The van der Waals surface area contributed by atoms with Crippen LogP contribution >= 0.6 is 11.6 Å². The Kier molecular flexibility index (Phi) is 5.02. The third-order valence-electron chi connectivity index (χ3n) is 1.99. The van der Waals surface area contributed by atoms with E-state index in [9.17, 15) is 12.8 Å². The molecule has 1 N–H and O–H groups in total. The summed E-state index contributed by atoms with van der Waals surface area (Å²) in [6.45, 7) is 0. The van der Waals surface area contributed by atoms with Crippen LogP contribution in [-0.2, 0) is 10.0 Å². The van der Waals surface area contributed by atoms with E-state index in [1.54, 1.807) is 0 Å². The first kappa shape index (κ1) is 14.1. The van der Waals surface area contributed by atoms with Crippen LogP contribution in [0.3, 0.4) is 0 Å². The summed E-state index contributed by atoms with van der Waals surface area (Å²) < 4.78 is 43.5. The molecule has 0 aliphatic rings. The number of hydrogen-bond acceptors (Lipinski definition) is 3. The van der Waals surface area contributed by atoms with E-state index in [2.05, 4.69) is 4.72 Å². The first-order valence-corrected chi connectivity index (χ1v) is 7.07. The second kappa shape index (κ2) is 6.07. The van der Waals surface area contributed by atoms with Gasteiger partial charge in [-0.1, -0.05) is 0 Å². The molecule has 0 bridgehead atoms. The molecule has 0 radical (unpaired) electrons. The van der Waals surface area contributed by atoms with E-state index in [0.717, 1.165) is 6.07 Å². The molecule has 0 unspecified atom stereocenters. The highest BCUT2D eigenvalue weighted by molar-refractivity contribution is 7.92. The fourth-order valence-corrected chi connectivity index (χ4v) is 2.58. The summed E-state index contributed by atoms with van der Waals surface area (Å²) in [4.78, 5) is 0. The van der Waals surface area contributed by atoms with E-state index >= 15 is 0 Å². The number of sulfonamides is 1. The van der Waals surface area contributed by atoms with Crippen LogP contribution in [0.15, 0.2) is 18.2 Å². The second-order valence-electron chi connectivity index (χ2n) is 3.31. The van der Waals surface area contributed by atoms with E-state index in [1.165, 1.54) is 19.2 Å². The Morgan fingerprint density at radius 2 is 2.18 bits per heavy atom. The van der Waals surface area contributed by atoms with Crippen LogP contribution < -0.4 is 9.46 Å². The van der Waals surface area contributed by atoms with Gasteiger partial charge >= 0.3 is 0 Å². The average molecular weight is 282 g/mol. The summed E-state index contributed by atoms with van der Waals surface area (Å²) in [5.74, 6) is -0.184. The van der Waals surface area contributed by atoms with E-state index in [4.69, 9.17) is 16.3 Å². The molecule has 96 valence electrons. The molecule has 0 aliphatic heterocycles. The predicted molar refractivity (Wildman–Crippen MR) is 65.7 cm³/mol. The van der Waals surface area contributed by atoms with E-state index in [0.29, 0.717) is 12.2 Å². The van der Waals surface area contributed by atoms with Gasteiger partial charge in [-0.15, -0.1) is 11.6 Å². The standard InChI is InChI=1S/C10H13ClFNO3S/c1-16-8-3-4-9(12)10(7-8)13-17(14,15)6-2-5-11/h3-4,7,13H,2,5-6H2,1H3. The molecule has 4 nitrogen and oxygen atoms in total. The number of ether oxygens (including phenoxy) is 1. The Balaban J connectivity index is 2.87. The van der Waals surface area contributed by atoms with E-state index in [-0.39, 0.29) is 17.3 Å². The molecular weight excluding hydrogens is 269 g/mol. The zero-order valence-corrected chi connectivity index (χ0v) is 10.8. The molecule has 7 heteroatoms. The summed E-state index contributed by atoms with van der Waals surface area (Å²) in [5.41, 5.74) is -0.126. The number of methoxy groups -OCH3 is 1. The van der Waals surface area contributed by atoms with Gasteiger partial charge in [-0.2, -0.15) is 0 Å². The van der Waals surface area contributed by atoms with Gasteiger partial charge < -0.3 is 4.74 Å². The average Bonchev–Trinajstić information content (AvgIpc) is 2.29. The van der Waals surface area contributed by atoms with Crippen LogP contribution in [0.5, 0.6) is 5.75 Å². The minimum atomic E-state index is -3.57. The number of halogens is 2. The van der Waals surface area contributed by atoms with Crippen LogP contribution in [0.25, 0.3) is 0 Å². The molecule has 0 fully saturated rings. The molecular formula is C10H13ClFNO3S. The summed E-state index contributed by atoms with van der Waals surface area (Å²) in [6.07, 6.45) is 0.308. The molecule has 0 amide bonds. The normalized spacial score (nSPS) is 11.2. The molecule has 0 saturated heterocycles. The topological polar surface area (TPSA) is 55.4 Å². The van der Waals surface area contributed by atoms with Gasteiger partial charge in [0.05, 0.1) is 18.6 Å². The molecule has 0 aromatic heterocycles. The van der Waals surface area contributed by atoms with Crippen LogP contribution in [0.4, 0.5) is 10.1 Å². The summed E-state index contributed by atoms with van der Waals surface area (Å²) in [6, 6.07) is 3.83. The summed E-state index contributed by atoms with van der Waals surface area (Å²) >= 11 is 5.40. The van der Waals surface area contributed by atoms with Gasteiger partial charge in [0, 0.05) is 11.9 Å². The lowest BCUT2D eigenvalue weighted by atomic mass is 10.3. The van der Waals surface area contributed by atoms with Crippen molar-refractivity contribution in [2.24, 2.45) is 0 Å². The Hall–Kier alpha value is -1.01. The molecule has 1 aromatic carbocycles. The van der Waals surface area contributed by atoms with Crippen molar-refractivity contribution in [3.8, 4) is 5.75 Å². The van der Waals surface area contributed by atoms with Crippen molar-refractivity contribution in [3.05, 3.63) is 24.0 Å². The predicted octanol–water partition coefficient (Wildman–Crippen LogP) is 2.20. The highest BCUT2D eigenvalue weighted by atomic mass is 35.5. The highest BCUT2D eigenvalue weighted by Crippen LogP contribution is 2.22. The monoisotopic (exact) mass is 281 g/mol. The van der Waals surface area contributed by atoms with Crippen LogP contribution in [0.1, 0.15) is 6.42 Å². The number of benzene rings is 1. The van der Waals surface area contributed by atoms with Crippen molar-refractivity contribution in [1.82, 2.24) is 0 Å². The smallest absolute Gasteiger partial charge is 0.232 e. The summed E-state index contributed by atoms with van der Waals surface area (Å²) in [7, 11) is -2.16. The fraction of sp³-hybridized carbons (Fsp3) is 0.400. The maximum absolute atomic E-state index is 13.3. The number of anilines is 1. The quantitative estimate of drug-likeness (QED) is 0.814. The molecule has 0 atom stereocenters. The van der Waals surface area contributed by atoms with Gasteiger partial charge in [0.15, 0.2) is 0 Å². The maximum Gasteiger partial charge on any atom is 0.232 e.